The Kier molecular flexibility index (Phi) is 5.02. The average molecular weight is 293 g/mol. The van der Waals surface area contributed by atoms with Gasteiger partial charge in [-0.3, -0.25) is 4.79 Å². The van der Waals surface area contributed by atoms with Gasteiger partial charge < -0.3 is 4.74 Å². The lowest BCUT2D eigenvalue weighted by molar-refractivity contribution is -0.00985. The highest BCUT2D eigenvalue weighted by atomic mass is 79.9. The van der Waals surface area contributed by atoms with Crippen LogP contribution < -0.4 is 0 Å². The molecule has 0 aliphatic carbocycles. The number of ether oxygens (including phenoxy) is 1. The van der Waals surface area contributed by atoms with Crippen LogP contribution >= 0.6 is 15.9 Å². The fourth-order valence-electron chi connectivity index (χ4n) is 1.14. The highest BCUT2D eigenvalue weighted by Crippen LogP contribution is 2.13. The van der Waals surface area contributed by atoms with E-state index >= 15 is 0 Å². The molecule has 0 radical (unpaired) electrons. The number of carbonyl (C=O) groups is 1. The van der Waals surface area contributed by atoms with Gasteiger partial charge in [-0.25, -0.2) is 8.78 Å². The molecule has 0 bridgehead atoms. The van der Waals surface area contributed by atoms with Gasteiger partial charge in [-0.1, -0.05) is 28.1 Å². The van der Waals surface area contributed by atoms with Crippen molar-refractivity contribution in [3.8, 4) is 0 Å². The number of hydrogen-bond acceptors (Lipinski definition) is 2. The van der Waals surface area contributed by atoms with Gasteiger partial charge in [0.15, 0.2) is 5.78 Å². The fraction of sp³-hybridized carbons (Fsp3) is 0.364. The van der Waals surface area contributed by atoms with Crippen LogP contribution in [0.3, 0.4) is 0 Å². The molecule has 2 nitrogen and oxygen atoms in total. The van der Waals surface area contributed by atoms with Gasteiger partial charge in [0.1, 0.15) is 12.7 Å². The van der Waals surface area contributed by atoms with Crippen molar-refractivity contribution in [2.24, 2.45) is 0 Å². The third kappa shape index (κ3) is 3.98. The summed E-state index contributed by atoms with van der Waals surface area (Å²) in [5, 5.41) is 0. The summed E-state index contributed by atoms with van der Waals surface area (Å²) in [7, 11) is 0. The van der Waals surface area contributed by atoms with Crippen LogP contribution in [0.4, 0.5) is 8.78 Å². The zero-order valence-corrected chi connectivity index (χ0v) is 10.2. The van der Waals surface area contributed by atoms with Crippen molar-refractivity contribution in [2.45, 2.75) is 19.5 Å². The monoisotopic (exact) mass is 292 g/mol. The van der Waals surface area contributed by atoms with Crippen molar-refractivity contribution < 1.29 is 18.3 Å². The molecule has 0 spiro atoms. The Bertz CT molecular complexity index is 352. The zero-order chi connectivity index (χ0) is 12.1. The topological polar surface area (TPSA) is 26.3 Å². The van der Waals surface area contributed by atoms with E-state index in [2.05, 4.69) is 15.9 Å². The molecule has 88 valence electrons. The van der Waals surface area contributed by atoms with Crippen molar-refractivity contribution in [2.75, 3.05) is 6.61 Å². The molecule has 0 fully saturated rings. The van der Waals surface area contributed by atoms with Gasteiger partial charge >= 0.3 is 0 Å². The summed E-state index contributed by atoms with van der Waals surface area (Å²) in [6.45, 7) is 0.746. The first kappa shape index (κ1) is 13.3. The average Bonchev–Trinajstić information content (AvgIpc) is 2.26. The number of hydrogen-bond donors (Lipinski definition) is 0. The van der Waals surface area contributed by atoms with Crippen molar-refractivity contribution in [1.82, 2.24) is 0 Å². The normalized spacial score (nSPS) is 12.8. The summed E-state index contributed by atoms with van der Waals surface area (Å²) >= 11 is 3.24. The molecular weight excluding hydrogens is 282 g/mol. The van der Waals surface area contributed by atoms with Crippen LogP contribution in [0.2, 0.25) is 0 Å². The molecule has 0 heterocycles. The van der Waals surface area contributed by atoms with Crippen molar-refractivity contribution >= 4 is 21.7 Å². The molecule has 0 saturated heterocycles. The summed E-state index contributed by atoms with van der Waals surface area (Å²) < 4.78 is 29.3. The van der Waals surface area contributed by atoms with Gasteiger partial charge in [-0.2, -0.15) is 0 Å². The fourth-order valence-corrected chi connectivity index (χ4v) is 1.41. The van der Waals surface area contributed by atoms with Gasteiger partial charge in [0.05, 0.1) is 0 Å². The molecule has 16 heavy (non-hydrogen) atoms. The van der Waals surface area contributed by atoms with Crippen molar-refractivity contribution in [3.05, 3.63) is 34.3 Å². The maximum absolute atomic E-state index is 11.9. The van der Waals surface area contributed by atoms with Crippen LogP contribution in [0.15, 0.2) is 28.7 Å². The minimum absolute atomic E-state index is 0.298. The summed E-state index contributed by atoms with van der Waals surface area (Å²) in [5.74, 6) is -0.298. The van der Waals surface area contributed by atoms with Crippen molar-refractivity contribution in [3.63, 3.8) is 0 Å². The Labute approximate surface area is 101 Å². The Morgan fingerprint density at radius 1 is 1.38 bits per heavy atom. The van der Waals surface area contributed by atoms with E-state index in [-0.39, 0.29) is 5.78 Å². The van der Waals surface area contributed by atoms with Crippen LogP contribution in [-0.2, 0) is 4.74 Å². The maximum Gasteiger partial charge on any atom is 0.261 e. The highest BCUT2D eigenvalue weighted by molar-refractivity contribution is 9.10. The van der Waals surface area contributed by atoms with E-state index in [1.54, 1.807) is 24.3 Å². The first-order chi connectivity index (χ1) is 7.50. The molecule has 0 amide bonds. The number of rotatable bonds is 5. The van der Waals surface area contributed by atoms with Crippen LogP contribution in [-0.4, -0.2) is 24.9 Å². The highest BCUT2D eigenvalue weighted by Gasteiger charge is 2.17. The second kappa shape index (κ2) is 6.06. The molecule has 1 aromatic rings. The summed E-state index contributed by atoms with van der Waals surface area (Å²) in [6.07, 6.45) is -3.41. The smallest absolute Gasteiger partial charge is 0.261 e. The quantitative estimate of drug-likeness (QED) is 0.779. The van der Waals surface area contributed by atoms with Gasteiger partial charge in [0, 0.05) is 10.0 Å². The number of Topliss-reactive ketones (excluding diaryl/α,β-unsaturated/α-hetero) is 1. The van der Waals surface area contributed by atoms with Gasteiger partial charge in [0.2, 0.25) is 0 Å². The first-order valence-electron chi connectivity index (χ1n) is 4.70. The van der Waals surface area contributed by atoms with E-state index in [1.165, 1.54) is 6.92 Å². The van der Waals surface area contributed by atoms with Gasteiger partial charge in [-0.15, -0.1) is 0 Å². The van der Waals surface area contributed by atoms with E-state index in [0.29, 0.717) is 5.56 Å². The van der Waals surface area contributed by atoms with Gasteiger partial charge in [-0.05, 0) is 19.1 Å². The van der Waals surface area contributed by atoms with E-state index in [0.717, 1.165) is 4.47 Å². The first-order valence-corrected chi connectivity index (χ1v) is 5.49. The molecular formula is C11H11BrF2O2. The van der Waals surface area contributed by atoms with Crippen LogP contribution in [0.1, 0.15) is 17.3 Å². The zero-order valence-electron chi connectivity index (χ0n) is 8.62. The second-order valence-electron chi connectivity index (χ2n) is 3.24. The van der Waals surface area contributed by atoms with Crippen LogP contribution in [0.5, 0.6) is 0 Å². The van der Waals surface area contributed by atoms with E-state index < -0.39 is 19.1 Å². The minimum atomic E-state index is -2.56. The Morgan fingerprint density at radius 3 is 2.44 bits per heavy atom. The summed E-state index contributed by atoms with van der Waals surface area (Å²) in [4.78, 5) is 11.7. The molecule has 1 unspecified atom stereocenters. The lowest BCUT2D eigenvalue weighted by Gasteiger charge is -2.11. The molecule has 0 N–H and O–H groups in total. The second-order valence-corrected chi connectivity index (χ2v) is 4.15. The lowest BCUT2D eigenvalue weighted by atomic mass is 10.1. The molecule has 1 rings (SSSR count). The largest absolute Gasteiger partial charge is 0.364 e. The standard InChI is InChI=1S/C11H11BrF2O2/c1-7(16-6-10(13)14)11(15)8-2-4-9(12)5-3-8/h2-5,7,10H,6H2,1H3. The van der Waals surface area contributed by atoms with Crippen molar-refractivity contribution in [1.29, 1.82) is 0 Å². The molecule has 1 aromatic carbocycles. The summed E-state index contributed by atoms with van der Waals surface area (Å²) in [6, 6.07) is 6.67. The molecule has 0 aliphatic rings. The van der Waals surface area contributed by atoms with E-state index in [1.807, 2.05) is 0 Å². The minimum Gasteiger partial charge on any atom is -0.364 e. The Morgan fingerprint density at radius 2 is 1.94 bits per heavy atom. The number of alkyl halides is 2. The van der Waals surface area contributed by atoms with Crippen LogP contribution in [0.25, 0.3) is 0 Å². The van der Waals surface area contributed by atoms with Crippen LogP contribution in [0, 0.1) is 0 Å². The van der Waals surface area contributed by atoms with E-state index in [9.17, 15) is 13.6 Å². The number of benzene rings is 1. The Balaban J connectivity index is 2.60. The summed E-state index contributed by atoms with van der Waals surface area (Å²) in [5.41, 5.74) is 0.449. The predicted molar refractivity (Wildman–Crippen MR) is 59.9 cm³/mol. The number of halogens is 3. The molecule has 0 saturated carbocycles. The molecule has 0 aliphatic heterocycles. The third-order valence-corrected chi connectivity index (χ3v) is 2.50. The maximum atomic E-state index is 11.9. The Hall–Kier alpha value is -0.810. The molecule has 5 heteroatoms. The lowest BCUT2D eigenvalue weighted by Crippen LogP contribution is -2.23. The number of ketones is 1. The third-order valence-electron chi connectivity index (χ3n) is 1.97. The van der Waals surface area contributed by atoms with Gasteiger partial charge in [0.25, 0.3) is 6.43 Å². The number of carbonyl (C=O) groups excluding carboxylic acids is 1. The molecule has 0 aromatic heterocycles. The van der Waals surface area contributed by atoms with E-state index in [4.69, 9.17) is 4.74 Å². The predicted octanol–water partition coefficient (Wildman–Crippen LogP) is 3.30. The molecule has 1 atom stereocenters. The SMILES string of the molecule is CC(OCC(F)F)C(=O)c1ccc(Br)cc1.